The first-order chi connectivity index (χ1) is 10.3. The third-order valence-corrected chi connectivity index (χ3v) is 4.56. The number of nitrogens with zero attached hydrogens (tertiary/aromatic N) is 2. The minimum Gasteiger partial charge on any atom is -0.444 e. The van der Waals surface area contributed by atoms with Crippen LogP contribution in [0.3, 0.4) is 0 Å². The van der Waals surface area contributed by atoms with Gasteiger partial charge in [-0.2, -0.15) is 0 Å². The van der Waals surface area contributed by atoms with E-state index in [0.717, 1.165) is 51.9 Å². The lowest BCUT2D eigenvalue weighted by atomic mass is 9.93. The van der Waals surface area contributed by atoms with Crippen LogP contribution in [-0.4, -0.2) is 59.6 Å². The number of piperidine rings is 2. The number of carbonyl (C=O) groups is 2. The van der Waals surface area contributed by atoms with E-state index in [9.17, 15) is 9.59 Å². The summed E-state index contributed by atoms with van der Waals surface area (Å²) in [7, 11) is 0. The molecule has 2 heterocycles. The van der Waals surface area contributed by atoms with Crippen LogP contribution in [0.5, 0.6) is 0 Å². The lowest BCUT2D eigenvalue weighted by Crippen LogP contribution is -2.50. The average Bonchev–Trinajstić information content (AvgIpc) is 2.46. The maximum Gasteiger partial charge on any atom is 0.410 e. The Bertz CT molecular complexity index is 403. The van der Waals surface area contributed by atoms with Gasteiger partial charge in [0.25, 0.3) is 0 Å². The molecule has 2 N–H and O–H groups in total. The van der Waals surface area contributed by atoms with Crippen LogP contribution in [0.2, 0.25) is 0 Å². The number of hydrogen-bond acceptors (Lipinski definition) is 4. The second-order valence-corrected chi connectivity index (χ2v) is 7.41. The highest BCUT2D eigenvalue weighted by molar-refractivity contribution is 5.76. The SMILES string of the molecule is CC(C)(C)OC(=O)N1CCC(N2CCC(C(N)=O)CC2)CC1. The first-order valence-corrected chi connectivity index (χ1v) is 8.27. The fourth-order valence-electron chi connectivity index (χ4n) is 3.29. The van der Waals surface area contributed by atoms with Gasteiger partial charge in [0.1, 0.15) is 5.60 Å². The number of carbonyl (C=O) groups excluding carboxylic acids is 2. The van der Waals surface area contributed by atoms with Crippen LogP contribution >= 0.6 is 0 Å². The molecule has 0 aromatic rings. The zero-order valence-corrected chi connectivity index (χ0v) is 14.0. The van der Waals surface area contributed by atoms with E-state index in [1.54, 1.807) is 4.90 Å². The van der Waals surface area contributed by atoms with Crippen LogP contribution < -0.4 is 5.73 Å². The van der Waals surface area contributed by atoms with Gasteiger partial charge in [-0.25, -0.2) is 4.79 Å². The van der Waals surface area contributed by atoms with Gasteiger partial charge in [0.15, 0.2) is 0 Å². The summed E-state index contributed by atoms with van der Waals surface area (Å²) >= 11 is 0. The van der Waals surface area contributed by atoms with Crippen LogP contribution in [0.1, 0.15) is 46.5 Å². The highest BCUT2D eigenvalue weighted by Gasteiger charge is 2.32. The normalized spacial score (nSPS) is 22.6. The van der Waals surface area contributed by atoms with Crippen molar-refractivity contribution in [2.24, 2.45) is 11.7 Å². The molecular formula is C16H29N3O3. The minimum atomic E-state index is -0.440. The van der Waals surface area contributed by atoms with Gasteiger partial charge in [-0.1, -0.05) is 0 Å². The Morgan fingerprint density at radius 1 is 1.00 bits per heavy atom. The van der Waals surface area contributed by atoms with Gasteiger partial charge in [0.05, 0.1) is 0 Å². The van der Waals surface area contributed by atoms with Gasteiger partial charge in [-0.3, -0.25) is 4.79 Å². The first-order valence-electron chi connectivity index (χ1n) is 8.27. The predicted molar refractivity (Wildman–Crippen MR) is 84.3 cm³/mol. The summed E-state index contributed by atoms with van der Waals surface area (Å²) in [6.07, 6.45) is 3.46. The van der Waals surface area contributed by atoms with Gasteiger partial charge in [0.2, 0.25) is 5.91 Å². The average molecular weight is 311 g/mol. The number of amides is 2. The van der Waals surface area contributed by atoms with Crippen LogP contribution in [-0.2, 0) is 9.53 Å². The van der Waals surface area contributed by atoms with Gasteiger partial charge in [-0.15, -0.1) is 0 Å². The predicted octanol–water partition coefficient (Wildman–Crippen LogP) is 1.58. The number of primary amides is 1. The number of rotatable bonds is 2. The number of ether oxygens (including phenoxy) is 1. The molecule has 0 spiro atoms. The fourth-order valence-corrected chi connectivity index (χ4v) is 3.29. The third-order valence-electron chi connectivity index (χ3n) is 4.56. The summed E-state index contributed by atoms with van der Waals surface area (Å²) in [4.78, 5) is 27.5. The molecule has 0 atom stereocenters. The Hall–Kier alpha value is -1.30. The molecule has 22 heavy (non-hydrogen) atoms. The zero-order valence-electron chi connectivity index (χ0n) is 14.0. The molecule has 2 rings (SSSR count). The van der Waals surface area contributed by atoms with Gasteiger partial charge >= 0.3 is 6.09 Å². The number of likely N-dealkylation sites (tertiary alicyclic amines) is 2. The molecule has 0 aromatic carbocycles. The molecule has 0 bridgehead atoms. The van der Waals surface area contributed by atoms with E-state index in [2.05, 4.69) is 4.90 Å². The Kier molecular flexibility index (Phi) is 5.32. The smallest absolute Gasteiger partial charge is 0.410 e. The lowest BCUT2D eigenvalue weighted by molar-refractivity contribution is -0.123. The fraction of sp³-hybridized carbons (Fsp3) is 0.875. The van der Waals surface area contributed by atoms with Crippen molar-refractivity contribution < 1.29 is 14.3 Å². The monoisotopic (exact) mass is 311 g/mol. The van der Waals surface area contributed by atoms with E-state index in [-0.39, 0.29) is 17.9 Å². The molecule has 2 aliphatic heterocycles. The second-order valence-electron chi connectivity index (χ2n) is 7.41. The topological polar surface area (TPSA) is 75.9 Å². The van der Waals surface area contributed by atoms with E-state index in [4.69, 9.17) is 10.5 Å². The second kappa shape index (κ2) is 6.86. The summed E-state index contributed by atoms with van der Waals surface area (Å²) in [5.41, 5.74) is 4.94. The van der Waals surface area contributed by atoms with Crippen LogP contribution in [0.25, 0.3) is 0 Å². The molecule has 0 aromatic heterocycles. The molecule has 0 unspecified atom stereocenters. The van der Waals surface area contributed by atoms with Crippen molar-refractivity contribution in [2.75, 3.05) is 26.2 Å². The lowest BCUT2D eigenvalue weighted by Gasteiger charge is -2.41. The van der Waals surface area contributed by atoms with Crippen LogP contribution in [0.15, 0.2) is 0 Å². The number of hydrogen-bond donors (Lipinski definition) is 1. The molecule has 6 nitrogen and oxygen atoms in total. The van der Waals surface area contributed by atoms with E-state index < -0.39 is 5.60 Å². The molecule has 0 saturated carbocycles. The largest absolute Gasteiger partial charge is 0.444 e. The van der Waals surface area contributed by atoms with Crippen molar-refractivity contribution in [1.82, 2.24) is 9.80 Å². The van der Waals surface area contributed by atoms with E-state index in [1.165, 1.54) is 0 Å². The van der Waals surface area contributed by atoms with Crippen molar-refractivity contribution in [2.45, 2.75) is 58.1 Å². The standard InChI is InChI=1S/C16H29N3O3/c1-16(2,3)22-15(21)19-10-6-13(7-11-19)18-8-4-12(5-9-18)14(17)20/h12-13H,4-11H2,1-3H3,(H2,17,20). The minimum absolute atomic E-state index is 0.0399. The van der Waals surface area contributed by atoms with Crippen LogP contribution in [0, 0.1) is 5.92 Å². The van der Waals surface area contributed by atoms with Crippen molar-refractivity contribution in [3.05, 3.63) is 0 Å². The molecule has 6 heteroatoms. The van der Waals surface area contributed by atoms with Crippen molar-refractivity contribution in [3.8, 4) is 0 Å². The van der Waals surface area contributed by atoms with E-state index in [0.29, 0.717) is 6.04 Å². The Balaban J connectivity index is 1.76. The van der Waals surface area contributed by atoms with Crippen molar-refractivity contribution in [3.63, 3.8) is 0 Å². The first kappa shape index (κ1) is 17.1. The molecule has 2 saturated heterocycles. The summed E-state index contributed by atoms with van der Waals surface area (Å²) in [5.74, 6) is -0.127. The summed E-state index contributed by atoms with van der Waals surface area (Å²) in [6, 6.07) is 0.507. The van der Waals surface area contributed by atoms with E-state index >= 15 is 0 Å². The maximum absolute atomic E-state index is 12.1. The highest BCUT2D eigenvalue weighted by atomic mass is 16.6. The highest BCUT2D eigenvalue weighted by Crippen LogP contribution is 2.24. The van der Waals surface area contributed by atoms with E-state index in [1.807, 2.05) is 20.8 Å². The van der Waals surface area contributed by atoms with Crippen LogP contribution in [0.4, 0.5) is 4.79 Å². The summed E-state index contributed by atoms with van der Waals surface area (Å²) in [6.45, 7) is 9.03. The Labute approximate surface area is 132 Å². The van der Waals surface area contributed by atoms with Crippen molar-refractivity contribution >= 4 is 12.0 Å². The third kappa shape index (κ3) is 4.60. The van der Waals surface area contributed by atoms with Crippen molar-refractivity contribution in [1.29, 1.82) is 0 Å². The Morgan fingerprint density at radius 3 is 2.00 bits per heavy atom. The number of nitrogens with two attached hydrogens (primary N) is 1. The quantitative estimate of drug-likeness (QED) is 0.840. The maximum atomic E-state index is 12.1. The molecule has 126 valence electrons. The molecule has 0 aliphatic carbocycles. The zero-order chi connectivity index (χ0) is 16.3. The molecule has 2 aliphatic rings. The van der Waals surface area contributed by atoms with Gasteiger partial charge in [-0.05, 0) is 59.5 Å². The molecule has 2 fully saturated rings. The van der Waals surface area contributed by atoms with Gasteiger partial charge < -0.3 is 20.3 Å². The molecule has 0 radical (unpaired) electrons. The summed E-state index contributed by atoms with van der Waals surface area (Å²) < 4.78 is 5.42. The van der Waals surface area contributed by atoms with Gasteiger partial charge in [0, 0.05) is 25.0 Å². The molecule has 2 amide bonds. The Morgan fingerprint density at radius 2 is 1.55 bits per heavy atom. The molecular weight excluding hydrogens is 282 g/mol. The summed E-state index contributed by atoms with van der Waals surface area (Å²) in [5, 5.41) is 0.